The number of nitrogens with one attached hydrogen (secondary N) is 1. The lowest BCUT2D eigenvalue weighted by molar-refractivity contribution is -0.131. The highest BCUT2D eigenvalue weighted by atomic mass is 32.2. The molecule has 1 aromatic carbocycles. The maximum atomic E-state index is 12.3. The van der Waals surface area contributed by atoms with Crippen LogP contribution in [-0.2, 0) is 14.5 Å². The Morgan fingerprint density at radius 2 is 1.82 bits per heavy atom. The Labute approximate surface area is 135 Å². The third kappa shape index (κ3) is 3.32. The van der Waals surface area contributed by atoms with E-state index in [1.807, 2.05) is 58.0 Å². The van der Waals surface area contributed by atoms with E-state index in [0.717, 1.165) is 5.56 Å². The van der Waals surface area contributed by atoms with Gasteiger partial charge in [0, 0.05) is 12.5 Å². The number of carbonyl (C=O) groups excluding carboxylic acids is 2. The SMILES string of the molecule is CC(=O)N1N=C(C(=O)NC(C)(C)C)SC1(C)c1ccccc1. The van der Waals surface area contributed by atoms with Crippen LogP contribution in [0.3, 0.4) is 0 Å². The molecule has 0 fully saturated rings. The van der Waals surface area contributed by atoms with Gasteiger partial charge in [-0.3, -0.25) is 9.59 Å². The van der Waals surface area contributed by atoms with Crippen molar-refractivity contribution in [2.24, 2.45) is 5.10 Å². The van der Waals surface area contributed by atoms with Crippen molar-refractivity contribution in [3.8, 4) is 0 Å². The minimum atomic E-state index is -0.711. The van der Waals surface area contributed by atoms with Gasteiger partial charge in [-0.25, -0.2) is 5.01 Å². The fraction of sp³-hybridized carbons (Fsp3) is 0.438. The lowest BCUT2D eigenvalue weighted by Crippen LogP contribution is -2.43. The first-order valence-electron chi connectivity index (χ1n) is 7.10. The molecule has 2 rings (SSSR count). The topological polar surface area (TPSA) is 61.8 Å². The maximum Gasteiger partial charge on any atom is 0.278 e. The van der Waals surface area contributed by atoms with Crippen LogP contribution in [0.2, 0.25) is 0 Å². The molecule has 0 aliphatic carbocycles. The van der Waals surface area contributed by atoms with Gasteiger partial charge in [-0.05, 0) is 33.3 Å². The zero-order chi connectivity index (χ0) is 16.5. The van der Waals surface area contributed by atoms with Gasteiger partial charge in [0.15, 0.2) is 5.04 Å². The largest absolute Gasteiger partial charge is 0.346 e. The second-order valence-electron chi connectivity index (χ2n) is 6.39. The molecule has 0 spiro atoms. The molecule has 1 aliphatic heterocycles. The Morgan fingerprint density at radius 1 is 1.23 bits per heavy atom. The average molecular weight is 319 g/mol. The number of benzene rings is 1. The molecule has 1 aromatic rings. The third-order valence-corrected chi connectivity index (χ3v) is 4.45. The van der Waals surface area contributed by atoms with E-state index in [4.69, 9.17) is 0 Å². The molecule has 2 amide bonds. The smallest absolute Gasteiger partial charge is 0.278 e. The highest BCUT2D eigenvalue weighted by Crippen LogP contribution is 2.45. The van der Waals surface area contributed by atoms with Crippen molar-refractivity contribution in [3.05, 3.63) is 35.9 Å². The third-order valence-electron chi connectivity index (χ3n) is 3.18. The van der Waals surface area contributed by atoms with Crippen LogP contribution in [0.1, 0.15) is 40.2 Å². The van der Waals surface area contributed by atoms with Crippen LogP contribution >= 0.6 is 11.8 Å². The van der Waals surface area contributed by atoms with Crippen molar-refractivity contribution >= 4 is 28.6 Å². The maximum absolute atomic E-state index is 12.3. The van der Waals surface area contributed by atoms with Crippen molar-refractivity contribution in [1.29, 1.82) is 0 Å². The highest BCUT2D eigenvalue weighted by molar-refractivity contribution is 8.16. The number of rotatable bonds is 2. The molecule has 6 heteroatoms. The van der Waals surface area contributed by atoms with Crippen molar-refractivity contribution < 1.29 is 9.59 Å². The molecule has 5 nitrogen and oxygen atoms in total. The summed E-state index contributed by atoms with van der Waals surface area (Å²) in [6.07, 6.45) is 0. The van der Waals surface area contributed by atoms with Gasteiger partial charge in [0.1, 0.15) is 4.87 Å². The Bertz CT molecular complexity index is 622. The van der Waals surface area contributed by atoms with Crippen LogP contribution in [0.25, 0.3) is 0 Å². The molecule has 0 bridgehead atoms. The molecule has 1 unspecified atom stereocenters. The number of hydrogen-bond donors (Lipinski definition) is 1. The molecule has 0 radical (unpaired) electrons. The van der Waals surface area contributed by atoms with Crippen molar-refractivity contribution in [2.75, 3.05) is 0 Å². The summed E-state index contributed by atoms with van der Waals surface area (Å²) in [4.78, 5) is 23.6. The minimum absolute atomic E-state index is 0.197. The van der Waals surface area contributed by atoms with Crippen LogP contribution in [0.5, 0.6) is 0 Å². The summed E-state index contributed by atoms with van der Waals surface area (Å²) in [6.45, 7) is 9.07. The van der Waals surface area contributed by atoms with E-state index in [2.05, 4.69) is 10.4 Å². The van der Waals surface area contributed by atoms with Crippen LogP contribution < -0.4 is 5.32 Å². The predicted molar refractivity (Wildman–Crippen MR) is 89.2 cm³/mol. The van der Waals surface area contributed by atoms with Gasteiger partial charge in [-0.1, -0.05) is 42.1 Å². The molecule has 0 saturated carbocycles. The Kier molecular flexibility index (Phi) is 4.33. The van der Waals surface area contributed by atoms with E-state index >= 15 is 0 Å². The molecule has 1 aliphatic rings. The van der Waals surface area contributed by atoms with Gasteiger partial charge in [-0.2, -0.15) is 5.10 Å². The first-order valence-corrected chi connectivity index (χ1v) is 7.91. The van der Waals surface area contributed by atoms with E-state index in [1.165, 1.54) is 23.7 Å². The van der Waals surface area contributed by atoms with E-state index < -0.39 is 4.87 Å². The summed E-state index contributed by atoms with van der Waals surface area (Å²) in [6, 6.07) is 9.60. The van der Waals surface area contributed by atoms with Crippen molar-refractivity contribution in [3.63, 3.8) is 0 Å². The highest BCUT2D eigenvalue weighted by Gasteiger charge is 2.45. The van der Waals surface area contributed by atoms with E-state index in [0.29, 0.717) is 5.04 Å². The normalized spacial score (nSPS) is 21.5. The first kappa shape index (κ1) is 16.5. The summed E-state index contributed by atoms with van der Waals surface area (Å²) < 4.78 is 0. The zero-order valence-corrected chi connectivity index (χ0v) is 14.3. The number of thioether (sulfide) groups is 1. The van der Waals surface area contributed by atoms with E-state index in [1.54, 1.807) is 0 Å². The molecule has 1 atom stereocenters. The lowest BCUT2D eigenvalue weighted by atomic mass is 10.1. The monoisotopic (exact) mass is 319 g/mol. The summed E-state index contributed by atoms with van der Waals surface area (Å²) in [5.41, 5.74) is 0.574. The second-order valence-corrected chi connectivity index (χ2v) is 7.78. The predicted octanol–water partition coefficient (Wildman–Crippen LogP) is 2.68. The first-order chi connectivity index (χ1) is 10.1. The van der Waals surface area contributed by atoms with E-state index in [-0.39, 0.29) is 17.4 Å². The Balaban J connectivity index is 2.33. The minimum Gasteiger partial charge on any atom is -0.346 e. The second kappa shape index (κ2) is 5.76. The zero-order valence-electron chi connectivity index (χ0n) is 13.5. The molecular weight excluding hydrogens is 298 g/mol. The number of hydrazone groups is 1. The Hall–Kier alpha value is -1.82. The molecule has 1 N–H and O–H groups in total. The molecule has 118 valence electrons. The van der Waals surface area contributed by atoms with Gasteiger partial charge < -0.3 is 5.32 Å². The summed E-state index contributed by atoms with van der Waals surface area (Å²) in [5.74, 6) is -0.458. The van der Waals surface area contributed by atoms with Gasteiger partial charge in [0.05, 0.1) is 0 Å². The van der Waals surface area contributed by atoms with Gasteiger partial charge in [0.2, 0.25) is 5.91 Å². The molecule has 0 saturated heterocycles. The summed E-state index contributed by atoms with van der Waals surface area (Å²) in [5, 5.41) is 8.82. The van der Waals surface area contributed by atoms with Gasteiger partial charge in [-0.15, -0.1) is 0 Å². The van der Waals surface area contributed by atoms with Gasteiger partial charge in [0.25, 0.3) is 5.91 Å². The fourth-order valence-electron chi connectivity index (χ4n) is 2.22. The number of amides is 2. The summed E-state index contributed by atoms with van der Waals surface area (Å²) in [7, 11) is 0. The fourth-order valence-corrected chi connectivity index (χ4v) is 3.38. The number of nitrogens with zero attached hydrogens (tertiary/aromatic N) is 2. The molecule has 0 aromatic heterocycles. The Morgan fingerprint density at radius 3 is 2.32 bits per heavy atom. The molecule has 22 heavy (non-hydrogen) atoms. The molecular formula is C16H21N3O2S. The lowest BCUT2D eigenvalue weighted by Gasteiger charge is -2.31. The van der Waals surface area contributed by atoms with Crippen LogP contribution in [0.15, 0.2) is 35.4 Å². The average Bonchev–Trinajstić information content (AvgIpc) is 2.78. The van der Waals surface area contributed by atoms with Crippen LogP contribution in [-0.4, -0.2) is 27.4 Å². The number of carbonyl (C=O) groups is 2. The van der Waals surface area contributed by atoms with Gasteiger partial charge >= 0.3 is 0 Å². The molecule has 1 heterocycles. The number of hydrogen-bond acceptors (Lipinski definition) is 4. The standard InChI is InChI=1S/C16H21N3O2S/c1-11(20)19-16(5,12-9-7-6-8-10-12)22-14(18-19)13(21)17-15(2,3)4/h6-10H,1-5H3,(H,17,21). The summed E-state index contributed by atoms with van der Waals surface area (Å²) >= 11 is 1.29. The van der Waals surface area contributed by atoms with Crippen molar-refractivity contribution in [1.82, 2.24) is 10.3 Å². The van der Waals surface area contributed by atoms with Crippen molar-refractivity contribution in [2.45, 2.75) is 45.0 Å². The van der Waals surface area contributed by atoms with E-state index in [9.17, 15) is 9.59 Å². The van der Waals surface area contributed by atoms with Crippen LogP contribution in [0, 0.1) is 0 Å². The quantitative estimate of drug-likeness (QED) is 0.911. The van der Waals surface area contributed by atoms with Crippen LogP contribution in [0.4, 0.5) is 0 Å².